The van der Waals surface area contributed by atoms with E-state index in [0.29, 0.717) is 6.61 Å². The second-order valence-electron chi connectivity index (χ2n) is 4.48. The number of hydrogen-bond acceptors (Lipinski definition) is 2. The average molecular weight is 220 g/mol. The molecule has 3 nitrogen and oxygen atoms in total. The van der Waals surface area contributed by atoms with Gasteiger partial charge < -0.3 is 9.84 Å². The lowest BCUT2D eigenvalue weighted by Crippen LogP contribution is -2.12. The van der Waals surface area contributed by atoms with Crippen LogP contribution >= 0.6 is 0 Å². The zero-order valence-corrected chi connectivity index (χ0v) is 9.56. The minimum Gasteiger partial charge on any atom is -0.494 e. The smallest absolute Gasteiger partial charge is 0.309 e. The molecule has 1 aromatic rings. The molecule has 1 saturated carbocycles. The maximum absolute atomic E-state index is 11.0. The summed E-state index contributed by atoms with van der Waals surface area (Å²) in [6.45, 7) is 4.39. The standard InChI is InChI=1S/C13H16O3/c1-3-16-10-6-4-9(5-7-10)11-8-13(11,2)12(14)15/h4-7,11H,3,8H2,1-2H3,(H,14,15). The summed E-state index contributed by atoms with van der Waals surface area (Å²) in [5.41, 5.74) is 0.529. The van der Waals surface area contributed by atoms with Gasteiger partial charge in [-0.15, -0.1) is 0 Å². The third-order valence-electron chi connectivity index (χ3n) is 3.32. The van der Waals surface area contributed by atoms with Gasteiger partial charge in [0.15, 0.2) is 0 Å². The summed E-state index contributed by atoms with van der Waals surface area (Å²) in [6.07, 6.45) is 0.732. The molecule has 0 aromatic heterocycles. The van der Waals surface area contributed by atoms with Crippen LogP contribution in [-0.4, -0.2) is 17.7 Å². The summed E-state index contributed by atoms with van der Waals surface area (Å²) in [5.74, 6) is 0.288. The van der Waals surface area contributed by atoms with E-state index in [0.717, 1.165) is 17.7 Å². The number of rotatable bonds is 4. The number of carboxylic acid groups (broad SMARTS) is 1. The van der Waals surface area contributed by atoms with Crippen molar-refractivity contribution in [3.8, 4) is 5.75 Å². The Labute approximate surface area is 95.0 Å². The number of hydrogen-bond donors (Lipinski definition) is 1. The summed E-state index contributed by atoms with van der Waals surface area (Å²) in [7, 11) is 0. The van der Waals surface area contributed by atoms with Gasteiger partial charge in [-0.1, -0.05) is 12.1 Å². The van der Waals surface area contributed by atoms with E-state index in [1.165, 1.54) is 0 Å². The van der Waals surface area contributed by atoms with Gasteiger partial charge in [-0.05, 0) is 38.0 Å². The van der Waals surface area contributed by atoms with Gasteiger partial charge in [-0.3, -0.25) is 4.79 Å². The molecule has 0 amide bonds. The first kappa shape index (κ1) is 11.0. The third kappa shape index (κ3) is 1.77. The van der Waals surface area contributed by atoms with Crippen LogP contribution in [-0.2, 0) is 4.79 Å². The van der Waals surface area contributed by atoms with Gasteiger partial charge >= 0.3 is 5.97 Å². The lowest BCUT2D eigenvalue weighted by atomic mass is 10.0. The average Bonchev–Trinajstić information content (AvgIpc) is 2.94. The zero-order chi connectivity index (χ0) is 11.8. The predicted molar refractivity (Wildman–Crippen MR) is 60.7 cm³/mol. The molecule has 0 heterocycles. The maximum atomic E-state index is 11.0. The summed E-state index contributed by atoms with van der Waals surface area (Å²) < 4.78 is 5.34. The fourth-order valence-corrected chi connectivity index (χ4v) is 2.05. The second kappa shape index (κ2) is 3.81. The van der Waals surface area contributed by atoms with Crippen molar-refractivity contribution >= 4 is 5.97 Å². The van der Waals surface area contributed by atoms with Crippen LogP contribution in [0.4, 0.5) is 0 Å². The third-order valence-corrected chi connectivity index (χ3v) is 3.32. The van der Waals surface area contributed by atoms with Crippen LogP contribution in [0.5, 0.6) is 5.75 Å². The molecule has 0 aliphatic heterocycles. The van der Waals surface area contributed by atoms with Crippen molar-refractivity contribution in [2.24, 2.45) is 5.41 Å². The van der Waals surface area contributed by atoms with Gasteiger partial charge in [0.05, 0.1) is 12.0 Å². The van der Waals surface area contributed by atoms with Crippen LogP contribution < -0.4 is 4.74 Å². The summed E-state index contributed by atoms with van der Waals surface area (Å²) in [6, 6.07) is 7.73. The molecule has 2 rings (SSSR count). The van der Waals surface area contributed by atoms with Crippen LogP contribution in [0.3, 0.4) is 0 Å². The predicted octanol–water partition coefficient (Wildman–Crippen LogP) is 2.66. The summed E-state index contributed by atoms with van der Waals surface area (Å²) in [5, 5.41) is 9.06. The number of benzene rings is 1. The fourth-order valence-electron chi connectivity index (χ4n) is 2.05. The SMILES string of the molecule is CCOc1ccc(C2CC2(C)C(=O)O)cc1. The van der Waals surface area contributed by atoms with E-state index < -0.39 is 11.4 Å². The van der Waals surface area contributed by atoms with Crippen LogP contribution in [0.1, 0.15) is 31.7 Å². The van der Waals surface area contributed by atoms with Gasteiger partial charge in [-0.25, -0.2) is 0 Å². The maximum Gasteiger partial charge on any atom is 0.309 e. The van der Waals surface area contributed by atoms with E-state index >= 15 is 0 Å². The molecule has 1 fully saturated rings. The minimum atomic E-state index is -0.702. The number of carboxylic acids is 1. The van der Waals surface area contributed by atoms with E-state index in [-0.39, 0.29) is 5.92 Å². The van der Waals surface area contributed by atoms with Crippen molar-refractivity contribution in [1.82, 2.24) is 0 Å². The van der Waals surface area contributed by atoms with E-state index in [2.05, 4.69) is 0 Å². The van der Waals surface area contributed by atoms with E-state index in [1.54, 1.807) is 6.92 Å². The Balaban J connectivity index is 2.10. The highest BCUT2D eigenvalue weighted by molar-refractivity contribution is 5.80. The first-order chi connectivity index (χ1) is 7.58. The van der Waals surface area contributed by atoms with Crippen molar-refractivity contribution < 1.29 is 14.6 Å². The number of aliphatic carboxylic acids is 1. The second-order valence-corrected chi connectivity index (χ2v) is 4.48. The van der Waals surface area contributed by atoms with Crippen molar-refractivity contribution in [3.63, 3.8) is 0 Å². The molecule has 0 bridgehead atoms. The largest absolute Gasteiger partial charge is 0.494 e. The molecule has 0 radical (unpaired) electrons. The first-order valence-electron chi connectivity index (χ1n) is 5.54. The molecule has 2 unspecified atom stereocenters. The fraction of sp³-hybridized carbons (Fsp3) is 0.462. The van der Waals surface area contributed by atoms with Gasteiger partial charge in [0.25, 0.3) is 0 Å². The molecule has 2 atom stereocenters. The van der Waals surface area contributed by atoms with Crippen LogP contribution in [0.2, 0.25) is 0 Å². The Kier molecular flexibility index (Phi) is 2.62. The molecule has 1 N–H and O–H groups in total. The first-order valence-corrected chi connectivity index (χ1v) is 5.54. The molecular formula is C13H16O3. The van der Waals surface area contributed by atoms with Gasteiger partial charge in [0.1, 0.15) is 5.75 Å². The molecule has 1 aliphatic carbocycles. The van der Waals surface area contributed by atoms with Crippen LogP contribution in [0.15, 0.2) is 24.3 Å². The van der Waals surface area contributed by atoms with Crippen LogP contribution in [0.25, 0.3) is 0 Å². The lowest BCUT2D eigenvalue weighted by molar-refractivity contribution is -0.142. The van der Waals surface area contributed by atoms with Crippen molar-refractivity contribution in [2.45, 2.75) is 26.2 Å². The Morgan fingerprint density at radius 1 is 1.50 bits per heavy atom. The molecule has 86 valence electrons. The van der Waals surface area contributed by atoms with Crippen molar-refractivity contribution in [2.75, 3.05) is 6.61 Å². The highest BCUT2D eigenvalue weighted by Gasteiger charge is 2.56. The Hall–Kier alpha value is -1.51. The molecule has 16 heavy (non-hydrogen) atoms. The Morgan fingerprint density at radius 3 is 2.56 bits per heavy atom. The van der Waals surface area contributed by atoms with Crippen molar-refractivity contribution in [1.29, 1.82) is 0 Å². The van der Waals surface area contributed by atoms with Gasteiger partial charge in [-0.2, -0.15) is 0 Å². The highest BCUT2D eigenvalue weighted by Crippen LogP contribution is 2.59. The molecule has 1 aromatic carbocycles. The number of carbonyl (C=O) groups is 1. The van der Waals surface area contributed by atoms with Crippen molar-refractivity contribution in [3.05, 3.63) is 29.8 Å². The molecule has 1 aliphatic rings. The van der Waals surface area contributed by atoms with Crippen LogP contribution in [0, 0.1) is 5.41 Å². The monoisotopic (exact) mass is 220 g/mol. The molecule has 0 saturated heterocycles. The topological polar surface area (TPSA) is 46.5 Å². The van der Waals surface area contributed by atoms with E-state index in [1.807, 2.05) is 31.2 Å². The minimum absolute atomic E-state index is 0.153. The van der Waals surface area contributed by atoms with E-state index in [4.69, 9.17) is 9.84 Å². The summed E-state index contributed by atoms with van der Waals surface area (Å²) >= 11 is 0. The highest BCUT2D eigenvalue weighted by atomic mass is 16.5. The normalized spacial score (nSPS) is 27.5. The van der Waals surface area contributed by atoms with Gasteiger partial charge in [0.2, 0.25) is 0 Å². The lowest BCUT2D eigenvalue weighted by Gasteiger charge is -2.07. The Morgan fingerprint density at radius 2 is 2.12 bits per heavy atom. The molecular weight excluding hydrogens is 204 g/mol. The van der Waals surface area contributed by atoms with E-state index in [9.17, 15) is 4.79 Å². The zero-order valence-electron chi connectivity index (χ0n) is 9.56. The molecule has 0 spiro atoms. The van der Waals surface area contributed by atoms with Gasteiger partial charge in [0, 0.05) is 5.92 Å². The quantitative estimate of drug-likeness (QED) is 0.848. The summed E-state index contributed by atoms with van der Waals surface area (Å²) in [4.78, 5) is 11.0. The molecule has 3 heteroatoms. The Bertz CT molecular complexity index is 396. The number of ether oxygens (including phenoxy) is 1.